The third kappa shape index (κ3) is 5.29. The fourth-order valence-corrected chi connectivity index (χ4v) is 6.83. The summed E-state index contributed by atoms with van der Waals surface area (Å²) < 4.78 is 66.3. The number of furan rings is 1. The van der Waals surface area contributed by atoms with Crippen molar-refractivity contribution in [1.29, 1.82) is 5.26 Å². The van der Waals surface area contributed by atoms with Gasteiger partial charge in [0.2, 0.25) is 11.7 Å². The Morgan fingerprint density at radius 2 is 1.90 bits per heavy atom. The van der Waals surface area contributed by atoms with Crippen LogP contribution in [0.25, 0.3) is 33.2 Å². The average Bonchev–Trinajstić information content (AvgIpc) is 3.69. The molecule has 16 heteroatoms. The molecule has 3 atom stereocenters. The second-order valence-corrected chi connectivity index (χ2v) is 12.5. The zero-order valence-electron chi connectivity index (χ0n) is 26.4. The van der Waals surface area contributed by atoms with Gasteiger partial charge in [-0.1, -0.05) is 12.1 Å². The Balaban J connectivity index is 1.18. The maximum absolute atomic E-state index is 14.1. The van der Waals surface area contributed by atoms with Crippen molar-refractivity contribution in [3.8, 4) is 23.1 Å². The predicted octanol–water partition coefficient (Wildman–Crippen LogP) is 4.83. The molecule has 50 heavy (non-hydrogen) atoms. The Bertz CT molecular complexity index is 2170. The van der Waals surface area contributed by atoms with Crippen LogP contribution in [0.1, 0.15) is 24.9 Å². The quantitative estimate of drug-likeness (QED) is 0.259. The van der Waals surface area contributed by atoms with Gasteiger partial charge in [0.25, 0.3) is 0 Å². The number of benzene rings is 1. The number of para-hydroxylation sites is 1. The predicted molar refractivity (Wildman–Crippen MR) is 171 cm³/mol. The van der Waals surface area contributed by atoms with Crippen LogP contribution in [0.3, 0.4) is 0 Å². The normalized spacial score (nSPS) is 21.8. The fourth-order valence-electron chi connectivity index (χ4n) is 6.83. The van der Waals surface area contributed by atoms with E-state index in [1.54, 1.807) is 48.8 Å². The molecule has 4 aromatic heterocycles. The van der Waals surface area contributed by atoms with Crippen LogP contribution in [0.15, 0.2) is 59.3 Å². The van der Waals surface area contributed by atoms with Crippen molar-refractivity contribution >= 4 is 39.5 Å². The Morgan fingerprint density at radius 1 is 1.10 bits per heavy atom. The minimum absolute atomic E-state index is 0.0551. The van der Waals surface area contributed by atoms with Crippen LogP contribution in [-0.2, 0) is 20.4 Å². The lowest BCUT2D eigenvalue weighted by atomic mass is 9.90. The van der Waals surface area contributed by atoms with Gasteiger partial charge in [0, 0.05) is 41.9 Å². The van der Waals surface area contributed by atoms with Crippen molar-refractivity contribution in [2.45, 2.75) is 43.3 Å². The molecule has 0 saturated carbocycles. The maximum Gasteiger partial charge on any atom is 0.451 e. The first-order chi connectivity index (χ1) is 24.0. The smallest absolute Gasteiger partial charge is 0.451 e. The van der Waals surface area contributed by atoms with Crippen molar-refractivity contribution in [2.75, 3.05) is 42.7 Å². The van der Waals surface area contributed by atoms with Gasteiger partial charge < -0.3 is 33.5 Å². The Hall–Kier alpha value is -5.53. The van der Waals surface area contributed by atoms with E-state index in [0.717, 1.165) is 0 Å². The number of aliphatic carboxylic acids is 1. The summed E-state index contributed by atoms with van der Waals surface area (Å²) in [5.41, 5.74) is 1.92. The zero-order valence-corrected chi connectivity index (χ0v) is 26.4. The zero-order chi connectivity index (χ0) is 34.8. The molecule has 1 N–H and O–H groups in total. The Kier molecular flexibility index (Phi) is 7.49. The van der Waals surface area contributed by atoms with Gasteiger partial charge in [-0.25, -0.2) is 24.7 Å². The highest BCUT2D eigenvalue weighted by molar-refractivity contribution is 6.06. The molecule has 1 spiro atoms. The number of morpholine rings is 1. The number of hydrogen-bond acceptors (Lipinski definition) is 12. The molecule has 0 amide bonds. The van der Waals surface area contributed by atoms with Gasteiger partial charge in [0.05, 0.1) is 32.4 Å². The van der Waals surface area contributed by atoms with Crippen LogP contribution >= 0.6 is 0 Å². The number of ether oxygens (including phenoxy) is 3. The first-order valence-electron chi connectivity index (χ1n) is 15.8. The number of carbonyl (C=O) groups is 1. The van der Waals surface area contributed by atoms with Gasteiger partial charge in [-0.05, 0) is 37.3 Å². The standard InChI is InChI=1S/C34H28F3N7O6/c1-18-33(16-47-17-33)48-9-8-43(18)24-10-20(19-6-7-21(12-38)39-13-19)14-40-30(24)49-22-11-25(31(45)46)44(15-22)29-28-27(41-32(42-29)34(35,36)37)23-4-2-3-5-26(23)50-28/h2-7,10,13-14,18,22,25H,8-9,11,15-17H2,1H3,(H,45,46)/t18-,22-,25-/m0/s1. The Labute approximate surface area is 281 Å². The number of anilines is 2. The van der Waals surface area contributed by atoms with E-state index in [4.69, 9.17) is 18.6 Å². The third-order valence-corrected chi connectivity index (χ3v) is 9.55. The number of fused-ring (bicyclic) bond motifs is 3. The van der Waals surface area contributed by atoms with Gasteiger partial charge in [0.1, 0.15) is 46.3 Å². The van der Waals surface area contributed by atoms with E-state index in [0.29, 0.717) is 48.6 Å². The number of aromatic nitrogens is 4. The van der Waals surface area contributed by atoms with E-state index in [-0.39, 0.29) is 53.1 Å². The summed E-state index contributed by atoms with van der Waals surface area (Å²) in [6.07, 6.45) is -2.63. The van der Waals surface area contributed by atoms with Gasteiger partial charge in [0.15, 0.2) is 11.4 Å². The number of halogens is 3. The van der Waals surface area contributed by atoms with Crippen molar-refractivity contribution in [1.82, 2.24) is 19.9 Å². The lowest BCUT2D eigenvalue weighted by Gasteiger charge is -2.53. The monoisotopic (exact) mass is 687 g/mol. The topological polar surface area (TPSA) is 160 Å². The maximum atomic E-state index is 14.1. The van der Waals surface area contributed by atoms with Crippen LogP contribution in [0, 0.1) is 11.3 Å². The summed E-state index contributed by atoms with van der Waals surface area (Å²) in [4.78, 5) is 32.4. The van der Waals surface area contributed by atoms with E-state index in [2.05, 4.69) is 24.8 Å². The molecule has 13 nitrogen and oxygen atoms in total. The molecule has 1 aromatic carbocycles. The van der Waals surface area contributed by atoms with Crippen molar-refractivity contribution < 1.29 is 41.7 Å². The molecule has 256 valence electrons. The van der Waals surface area contributed by atoms with E-state index in [1.165, 1.54) is 4.90 Å². The molecule has 0 radical (unpaired) electrons. The van der Waals surface area contributed by atoms with E-state index in [1.807, 2.05) is 19.1 Å². The van der Waals surface area contributed by atoms with Crippen LogP contribution < -0.4 is 14.5 Å². The summed E-state index contributed by atoms with van der Waals surface area (Å²) in [5, 5.41) is 19.8. The number of nitriles is 1. The number of rotatable bonds is 6. The van der Waals surface area contributed by atoms with Gasteiger partial charge >= 0.3 is 12.1 Å². The third-order valence-electron chi connectivity index (χ3n) is 9.55. The van der Waals surface area contributed by atoms with Gasteiger partial charge in [-0.2, -0.15) is 18.4 Å². The molecule has 0 bridgehead atoms. The van der Waals surface area contributed by atoms with Crippen molar-refractivity contribution in [3.05, 3.63) is 66.4 Å². The highest BCUT2D eigenvalue weighted by atomic mass is 19.4. The second-order valence-electron chi connectivity index (χ2n) is 12.5. The highest BCUT2D eigenvalue weighted by Gasteiger charge is 2.50. The lowest BCUT2D eigenvalue weighted by Crippen LogP contribution is -2.68. The van der Waals surface area contributed by atoms with E-state index >= 15 is 0 Å². The summed E-state index contributed by atoms with van der Waals surface area (Å²) in [7, 11) is 0. The molecular weight excluding hydrogens is 659 g/mol. The SMILES string of the molecule is C[C@@H]1N(c2cc(-c3ccc(C#N)nc3)cnc2O[C@H]2C[C@@H](C(=O)O)N(c3nc(C(F)(F)F)nc4c3oc3ccccc34)C2)CCOC12COC2. The van der Waals surface area contributed by atoms with E-state index < -0.39 is 35.7 Å². The largest absolute Gasteiger partial charge is 0.480 e. The second kappa shape index (κ2) is 11.8. The number of carboxylic acids is 1. The molecule has 3 aliphatic rings. The summed E-state index contributed by atoms with van der Waals surface area (Å²) in [6, 6.07) is 12.3. The molecule has 0 aliphatic carbocycles. The molecule has 7 heterocycles. The van der Waals surface area contributed by atoms with Gasteiger partial charge in [-0.3, -0.25) is 0 Å². The van der Waals surface area contributed by atoms with E-state index in [9.17, 15) is 28.3 Å². The molecule has 3 aliphatic heterocycles. The molecule has 5 aromatic rings. The minimum atomic E-state index is -4.90. The molecule has 3 fully saturated rings. The molecule has 0 unspecified atom stereocenters. The van der Waals surface area contributed by atoms with Crippen molar-refractivity contribution in [3.63, 3.8) is 0 Å². The fraction of sp³-hybridized carbons (Fsp3) is 0.353. The van der Waals surface area contributed by atoms with Crippen LogP contribution in [0.2, 0.25) is 0 Å². The lowest BCUT2D eigenvalue weighted by molar-refractivity contribution is -0.228. The van der Waals surface area contributed by atoms with Crippen LogP contribution in [0.5, 0.6) is 5.88 Å². The first-order valence-corrected chi connectivity index (χ1v) is 15.8. The summed E-state index contributed by atoms with van der Waals surface area (Å²) in [6.45, 7) is 3.63. The number of pyridine rings is 2. The first kappa shape index (κ1) is 31.7. The summed E-state index contributed by atoms with van der Waals surface area (Å²) in [5.74, 6) is -2.75. The highest BCUT2D eigenvalue weighted by Crippen LogP contribution is 2.42. The number of carboxylic acid groups (broad SMARTS) is 1. The number of hydrogen-bond donors (Lipinski definition) is 1. The molecule has 8 rings (SSSR count). The van der Waals surface area contributed by atoms with Crippen LogP contribution in [-0.4, -0.2) is 87.7 Å². The average molecular weight is 688 g/mol. The van der Waals surface area contributed by atoms with Crippen molar-refractivity contribution in [2.24, 2.45) is 0 Å². The summed E-state index contributed by atoms with van der Waals surface area (Å²) >= 11 is 0. The van der Waals surface area contributed by atoms with Gasteiger partial charge in [-0.15, -0.1) is 0 Å². The number of nitrogens with zero attached hydrogens (tertiary/aromatic N) is 7. The molecule has 3 saturated heterocycles. The van der Waals surface area contributed by atoms with Crippen LogP contribution in [0.4, 0.5) is 24.7 Å². The number of alkyl halides is 3. The Morgan fingerprint density at radius 3 is 2.60 bits per heavy atom. The minimum Gasteiger partial charge on any atom is -0.480 e. The molecular formula is C34H28F3N7O6.